The molecule has 0 radical (unpaired) electrons. The Kier molecular flexibility index (Phi) is 7.81. The number of hydrogen-bond donors (Lipinski definition) is 2. The Bertz CT molecular complexity index is 877. The summed E-state index contributed by atoms with van der Waals surface area (Å²) in [6.45, 7) is 7.37. The number of guanidine groups is 1. The second kappa shape index (κ2) is 10.1. The van der Waals surface area contributed by atoms with E-state index >= 15 is 0 Å². The Labute approximate surface area is 198 Å². The van der Waals surface area contributed by atoms with Crippen LogP contribution in [0.1, 0.15) is 34.0 Å². The van der Waals surface area contributed by atoms with E-state index in [1.807, 2.05) is 13.0 Å². The van der Waals surface area contributed by atoms with Crippen molar-refractivity contribution in [3.63, 3.8) is 0 Å². The van der Waals surface area contributed by atoms with E-state index in [0.29, 0.717) is 13.3 Å². The molecule has 0 unspecified atom stereocenters. The normalized spacial score (nSPS) is 17.4. The number of fused-ring (bicyclic) bond motifs is 1. The van der Waals surface area contributed by atoms with Gasteiger partial charge in [0.05, 0.1) is 12.2 Å². The van der Waals surface area contributed by atoms with Gasteiger partial charge in [-0.3, -0.25) is 4.99 Å². The highest BCUT2D eigenvalue weighted by Gasteiger charge is 2.35. The van der Waals surface area contributed by atoms with Crippen LogP contribution in [0.15, 0.2) is 23.2 Å². The minimum absolute atomic E-state index is 0. The molecule has 2 N–H and O–H groups in total. The van der Waals surface area contributed by atoms with E-state index in [0.717, 1.165) is 60.8 Å². The van der Waals surface area contributed by atoms with Crippen LogP contribution in [0.25, 0.3) is 0 Å². The van der Waals surface area contributed by atoms with Gasteiger partial charge in [0.25, 0.3) is 0 Å². The van der Waals surface area contributed by atoms with Crippen LogP contribution in [-0.4, -0.2) is 44.5 Å². The largest absolute Gasteiger partial charge is 0.454 e. The Hall–Kier alpha value is -1.59. The third kappa shape index (κ3) is 5.00. The second-order valence-electron chi connectivity index (χ2n) is 7.49. The van der Waals surface area contributed by atoms with E-state index in [9.17, 15) is 0 Å². The second-order valence-corrected chi connectivity index (χ2v) is 8.78. The van der Waals surface area contributed by atoms with Crippen molar-refractivity contribution in [1.82, 2.24) is 15.6 Å². The number of thiazole rings is 1. The van der Waals surface area contributed by atoms with Gasteiger partial charge in [0, 0.05) is 37.1 Å². The summed E-state index contributed by atoms with van der Waals surface area (Å²) in [6.07, 6.45) is 1.89. The molecular weight excluding hydrogens is 515 g/mol. The van der Waals surface area contributed by atoms with Crippen LogP contribution in [0.5, 0.6) is 11.5 Å². The molecule has 1 aromatic carbocycles. The van der Waals surface area contributed by atoms with Gasteiger partial charge in [0.2, 0.25) is 6.79 Å². The summed E-state index contributed by atoms with van der Waals surface area (Å²) in [6, 6.07) is 6.28. The molecule has 1 aromatic heterocycles. The van der Waals surface area contributed by atoms with Crippen molar-refractivity contribution < 1.29 is 14.2 Å². The monoisotopic (exact) mass is 544 g/mol. The van der Waals surface area contributed by atoms with Crippen LogP contribution in [0.2, 0.25) is 0 Å². The molecule has 0 atom stereocenters. The zero-order valence-electron chi connectivity index (χ0n) is 17.6. The molecular formula is C21H29IN4O3S. The van der Waals surface area contributed by atoms with Crippen LogP contribution in [-0.2, 0) is 16.7 Å². The molecule has 164 valence electrons. The Balaban J connectivity index is 0.00000256. The van der Waals surface area contributed by atoms with Gasteiger partial charge in [0.1, 0.15) is 5.01 Å². The van der Waals surface area contributed by atoms with Gasteiger partial charge < -0.3 is 24.8 Å². The van der Waals surface area contributed by atoms with E-state index in [-0.39, 0.29) is 29.4 Å². The van der Waals surface area contributed by atoms with Gasteiger partial charge in [-0.2, -0.15) is 0 Å². The lowest BCUT2D eigenvalue weighted by molar-refractivity contribution is 0.0513. The number of aliphatic imine (C=N–C) groups is 1. The molecule has 7 nitrogen and oxygen atoms in total. The summed E-state index contributed by atoms with van der Waals surface area (Å²) >= 11 is 1.72. The van der Waals surface area contributed by atoms with Crippen molar-refractivity contribution >= 4 is 41.3 Å². The van der Waals surface area contributed by atoms with Gasteiger partial charge in [-0.05, 0) is 44.4 Å². The highest BCUT2D eigenvalue weighted by atomic mass is 127. The minimum Gasteiger partial charge on any atom is -0.454 e. The van der Waals surface area contributed by atoms with Gasteiger partial charge in [-0.1, -0.05) is 6.07 Å². The number of hydrogen-bond acceptors (Lipinski definition) is 6. The number of aromatic nitrogens is 1. The lowest BCUT2D eigenvalue weighted by Gasteiger charge is -2.38. The Morgan fingerprint density at radius 3 is 2.63 bits per heavy atom. The summed E-state index contributed by atoms with van der Waals surface area (Å²) in [5.41, 5.74) is 2.31. The molecule has 1 saturated heterocycles. The van der Waals surface area contributed by atoms with Crippen LogP contribution >= 0.6 is 35.3 Å². The lowest BCUT2D eigenvalue weighted by atomic mass is 9.74. The average molecular weight is 544 g/mol. The standard InChI is InChI=1S/C21H28N4O3S.HI/c1-14-15(2)29-19(25-14)11-23-20(22-3)24-12-21(6-8-26-9-7-21)16-4-5-17-18(10-16)28-13-27-17;/h4-5,10H,6-9,11-13H2,1-3H3,(H2,22,23,24);1H. The number of halogens is 1. The van der Waals surface area contributed by atoms with E-state index in [1.54, 1.807) is 18.4 Å². The van der Waals surface area contributed by atoms with Gasteiger partial charge in [-0.25, -0.2) is 4.98 Å². The molecule has 9 heteroatoms. The molecule has 1 fully saturated rings. The van der Waals surface area contributed by atoms with E-state index < -0.39 is 0 Å². The van der Waals surface area contributed by atoms with E-state index in [4.69, 9.17) is 14.2 Å². The van der Waals surface area contributed by atoms with Crippen molar-refractivity contribution in [3.8, 4) is 11.5 Å². The molecule has 30 heavy (non-hydrogen) atoms. The van der Waals surface area contributed by atoms with Crippen LogP contribution in [0.3, 0.4) is 0 Å². The predicted molar refractivity (Wildman–Crippen MR) is 130 cm³/mol. The first-order valence-electron chi connectivity index (χ1n) is 9.95. The van der Waals surface area contributed by atoms with E-state index in [2.05, 4.69) is 39.7 Å². The maximum absolute atomic E-state index is 5.65. The molecule has 2 aliphatic rings. The lowest BCUT2D eigenvalue weighted by Crippen LogP contribution is -2.47. The van der Waals surface area contributed by atoms with E-state index in [1.165, 1.54) is 10.4 Å². The number of ether oxygens (including phenoxy) is 3. The molecule has 0 spiro atoms. The number of aryl methyl sites for hydroxylation is 2. The highest BCUT2D eigenvalue weighted by molar-refractivity contribution is 14.0. The fraction of sp³-hybridized carbons (Fsp3) is 0.524. The summed E-state index contributed by atoms with van der Waals surface area (Å²) in [5, 5.41) is 7.98. The summed E-state index contributed by atoms with van der Waals surface area (Å²) in [5.74, 6) is 2.42. The van der Waals surface area contributed by atoms with Gasteiger partial charge in [0.15, 0.2) is 17.5 Å². The quantitative estimate of drug-likeness (QED) is 0.341. The molecule has 2 aliphatic heterocycles. The third-order valence-corrected chi connectivity index (χ3v) is 6.81. The molecule has 3 heterocycles. The van der Waals surface area contributed by atoms with Crippen molar-refractivity contribution in [2.24, 2.45) is 4.99 Å². The number of nitrogens with zero attached hydrogens (tertiary/aromatic N) is 2. The summed E-state index contributed by atoms with van der Waals surface area (Å²) in [4.78, 5) is 10.2. The Morgan fingerprint density at radius 1 is 1.17 bits per heavy atom. The van der Waals surface area contributed by atoms with Crippen molar-refractivity contribution in [3.05, 3.63) is 39.3 Å². The first-order valence-corrected chi connectivity index (χ1v) is 10.8. The van der Waals surface area contributed by atoms with Crippen molar-refractivity contribution in [2.75, 3.05) is 33.6 Å². The molecule has 2 aromatic rings. The predicted octanol–water partition coefficient (Wildman–Crippen LogP) is 3.52. The topological polar surface area (TPSA) is 77.0 Å². The maximum Gasteiger partial charge on any atom is 0.231 e. The van der Waals surface area contributed by atoms with Gasteiger partial charge in [-0.15, -0.1) is 35.3 Å². The molecule has 0 saturated carbocycles. The molecule has 0 aliphatic carbocycles. The van der Waals surface area contributed by atoms with Crippen LogP contribution in [0.4, 0.5) is 0 Å². The highest BCUT2D eigenvalue weighted by Crippen LogP contribution is 2.40. The number of benzene rings is 1. The summed E-state index contributed by atoms with van der Waals surface area (Å²) < 4.78 is 16.7. The minimum atomic E-state index is -0.0365. The number of nitrogens with one attached hydrogen (secondary N) is 2. The smallest absolute Gasteiger partial charge is 0.231 e. The van der Waals surface area contributed by atoms with Crippen LogP contribution in [0, 0.1) is 13.8 Å². The molecule has 4 rings (SSSR count). The van der Waals surface area contributed by atoms with Crippen LogP contribution < -0.4 is 20.1 Å². The molecule has 0 amide bonds. The van der Waals surface area contributed by atoms with Crippen molar-refractivity contribution in [1.29, 1.82) is 0 Å². The molecule has 0 bridgehead atoms. The SMILES string of the molecule is CN=C(NCc1nc(C)c(C)s1)NCC1(c2ccc3c(c2)OCO3)CCOCC1.I. The summed E-state index contributed by atoms with van der Waals surface area (Å²) in [7, 11) is 1.80. The maximum atomic E-state index is 5.65. The zero-order chi connectivity index (χ0) is 20.3. The van der Waals surface area contributed by atoms with Crippen molar-refractivity contribution in [2.45, 2.75) is 38.6 Å². The average Bonchev–Trinajstić information content (AvgIpc) is 3.34. The first kappa shape index (κ1) is 23.1. The number of rotatable bonds is 5. The Morgan fingerprint density at radius 2 is 1.93 bits per heavy atom. The first-order chi connectivity index (χ1) is 14.1. The fourth-order valence-electron chi connectivity index (χ4n) is 3.80. The zero-order valence-corrected chi connectivity index (χ0v) is 20.8. The van der Waals surface area contributed by atoms with Gasteiger partial charge >= 0.3 is 0 Å². The third-order valence-electron chi connectivity index (χ3n) is 5.73. The fourth-order valence-corrected chi connectivity index (χ4v) is 4.68.